The molecule has 2 heterocycles. The molecule has 0 saturated heterocycles. The van der Waals surface area contributed by atoms with Gasteiger partial charge in [-0.2, -0.15) is 0 Å². The van der Waals surface area contributed by atoms with Gasteiger partial charge in [0.1, 0.15) is 11.6 Å². The number of nitrogens with one attached hydrogen (secondary N) is 3. The molecule has 1 fully saturated rings. The van der Waals surface area contributed by atoms with Crippen molar-refractivity contribution in [2.75, 3.05) is 6.61 Å². The van der Waals surface area contributed by atoms with Crippen LogP contribution in [0.15, 0.2) is 36.4 Å². The number of carbonyl (C=O) groups is 2. The van der Waals surface area contributed by atoms with Gasteiger partial charge in [0.25, 0.3) is 5.91 Å². The fraction of sp³-hybridized carbons (Fsp3) is 0.375. The Balaban J connectivity index is 1.03. The zero-order chi connectivity index (χ0) is 25.3. The van der Waals surface area contributed by atoms with Crippen LogP contribution < -0.4 is 24.8 Å². The van der Waals surface area contributed by atoms with Gasteiger partial charge in [-0.05, 0) is 56.0 Å². The molecule has 1 aliphatic heterocycles. The quantitative estimate of drug-likeness (QED) is 0.435. The molecule has 3 aromatic rings. The first-order chi connectivity index (χ1) is 17.2. The molecule has 0 radical (unpaired) electrons. The molecule has 5 rings (SSSR count). The number of amides is 2. The van der Waals surface area contributed by atoms with E-state index in [0.29, 0.717) is 36.5 Å². The lowest BCUT2D eigenvalue weighted by atomic mass is 9.85. The minimum atomic E-state index is -3.71. The summed E-state index contributed by atoms with van der Waals surface area (Å²) in [5.74, 6) is 0.0843. The minimum Gasteiger partial charge on any atom is -0.484 e. The molecule has 9 nitrogen and oxygen atoms in total. The van der Waals surface area contributed by atoms with Crippen molar-refractivity contribution in [2.45, 2.75) is 44.6 Å². The molecule has 0 bridgehead atoms. The molecule has 12 heteroatoms. The third kappa shape index (κ3) is 5.62. The van der Waals surface area contributed by atoms with Crippen molar-refractivity contribution in [1.82, 2.24) is 20.6 Å². The van der Waals surface area contributed by atoms with Crippen LogP contribution in [0.2, 0.25) is 5.02 Å². The standard InChI is InChI=1S/C24H23ClF2N4O5/c25-14-3-7-17-18(9-14)31-21(30-17)11-28-23(33)13-1-4-15(5-2-13)29-22(32)12-34-16-6-8-19-20(10-16)36-24(26,27)35-19/h3,6-10,13,15H,1-2,4-5,11-12H2,(H,28,33)(H,29,32)(H,30,31)/t13-,15-. The van der Waals surface area contributed by atoms with Gasteiger partial charge in [0, 0.05) is 23.0 Å². The van der Waals surface area contributed by atoms with Crippen LogP contribution in [0.1, 0.15) is 31.5 Å². The lowest BCUT2D eigenvalue weighted by molar-refractivity contribution is -0.286. The van der Waals surface area contributed by atoms with Crippen molar-refractivity contribution < 1.29 is 32.6 Å². The summed E-state index contributed by atoms with van der Waals surface area (Å²) in [6.45, 7) is 0.00972. The number of alkyl halides is 2. The molecule has 36 heavy (non-hydrogen) atoms. The normalized spacial score (nSPS) is 20.2. The third-order valence-electron chi connectivity index (χ3n) is 6.13. The number of halogens is 3. The Labute approximate surface area is 209 Å². The number of nitrogens with zero attached hydrogens (tertiary/aromatic N) is 1. The van der Waals surface area contributed by atoms with Crippen LogP contribution in [-0.4, -0.2) is 40.7 Å². The highest BCUT2D eigenvalue weighted by Crippen LogP contribution is 2.42. The number of hydrogen-bond donors (Lipinski definition) is 3. The largest absolute Gasteiger partial charge is 0.586 e. The van der Waals surface area contributed by atoms with Crippen molar-refractivity contribution >= 4 is 34.4 Å². The van der Waals surface area contributed by atoms with Crippen LogP contribution in [0, 0.1) is 5.92 Å². The lowest BCUT2D eigenvalue weighted by Crippen LogP contribution is -2.42. The molecule has 2 amide bonds. The van der Waals surface area contributed by atoms with Gasteiger partial charge in [-0.15, -0.1) is 8.78 Å². The van der Waals surface area contributed by atoms with E-state index in [2.05, 4.69) is 30.1 Å². The van der Waals surface area contributed by atoms with Crippen LogP contribution >= 0.6 is 11.6 Å². The summed E-state index contributed by atoms with van der Waals surface area (Å²) >= 11 is 5.98. The Morgan fingerprint density at radius 3 is 2.69 bits per heavy atom. The first-order valence-corrected chi connectivity index (χ1v) is 11.9. The van der Waals surface area contributed by atoms with E-state index in [9.17, 15) is 18.4 Å². The fourth-order valence-corrected chi connectivity index (χ4v) is 4.53. The maximum absolute atomic E-state index is 13.1. The molecule has 1 aromatic heterocycles. The second-order valence-corrected chi connectivity index (χ2v) is 9.18. The number of rotatable bonds is 7. The van der Waals surface area contributed by atoms with Gasteiger partial charge in [-0.1, -0.05) is 11.6 Å². The molecule has 2 aromatic carbocycles. The Morgan fingerprint density at radius 2 is 1.89 bits per heavy atom. The first kappa shape index (κ1) is 24.1. The summed E-state index contributed by atoms with van der Waals surface area (Å²) in [7, 11) is 0. The number of imidazole rings is 1. The first-order valence-electron chi connectivity index (χ1n) is 11.5. The highest BCUT2D eigenvalue weighted by atomic mass is 35.5. The summed E-state index contributed by atoms with van der Waals surface area (Å²) in [6.07, 6.45) is -1.11. The molecule has 2 aliphatic rings. The minimum absolute atomic E-state index is 0.0463. The van der Waals surface area contributed by atoms with E-state index in [4.69, 9.17) is 16.3 Å². The van der Waals surface area contributed by atoms with E-state index in [1.807, 2.05) is 6.07 Å². The number of ether oxygens (including phenoxy) is 3. The van der Waals surface area contributed by atoms with Gasteiger partial charge < -0.3 is 29.8 Å². The third-order valence-corrected chi connectivity index (χ3v) is 6.37. The molecular weight excluding hydrogens is 498 g/mol. The molecule has 3 N–H and O–H groups in total. The number of benzene rings is 2. The van der Waals surface area contributed by atoms with Crippen LogP contribution in [0.3, 0.4) is 0 Å². The van der Waals surface area contributed by atoms with Crippen molar-refractivity contribution in [2.24, 2.45) is 5.92 Å². The molecule has 1 aliphatic carbocycles. The molecule has 1 saturated carbocycles. The average Bonchev–Trinajstić information content (AvgIpc) is 3.39. The summed E-state index contributed by atoms with van der Waals surface area (Å²) in [4.78, 5) is 32.5. The van der Waals surface area contributed by atoms with Gasteiger partial charge in [0.05, 0.1) is 17.6 Å². The second kappa shape index (κ2) is 9.81. The summed E-state index contributed by atoms with van der Waals surface area (Å²) in [6, 6.07) is 9.26. The number of aromatic amines is 1. The van der Waals surface area contributed by atoms with Gasteiger partial charge >= 0.3 is 6.29 Å². The predicted molar refractivity (Wildman–Crippen MR) is 125 cm³/mol. The zero-order valence-electron chi connectivity index (χ0n) is 19.0. The summed E-state index contributed by atoms with van der Waals surface area (Å²) in [5, 5.41) is 6.41. The van der Waals surface area contributed by atoms with Crippen LogP contribution in [-0.2, 0) is 16.1 Å². The Bertz CT molecular complexity index is 1290. The van der Waals surface area contributed by atoms with Gasteiger partial charge in [0.2, 0.25) is 5.91 Å². The monoisotopic (exact) mass is 520 g/mol. The molecule has 190 valence electrons. The zero-order valence-corrected chi connectivity index (χ0v) is 19.7. The van der Waals surface area contributed by atoms with Crippen molar-refractivity contribution in [1.29, 1.82) is 0 Å². The Hall–Kier alpha value is -3.60. The summed E-state index contributed by atoms with van der Waals surface area (Å²) < 4.78 is 40.3. The van der Waals surface area contributed by atoms with Crippen molar-refractivity contribution in [3.8, 4) is 17.2 Å². The fourth-order valence-electron chi connectivity index (χ4n) is 4.37. The van der Waals surface area contributed by atoms with Gasteiger partial charge in [-0.3, -0.25) is 9.59 Å². The predicted octanol–water partition coefficient (Wildman–Crippen LogP) is 3.91. The molecular formula is C24H23ClF2N4O5. The summed E-state index contributed by atoms with van der Waals surface area (Å²) in [5.41, 5.74) is 1.59. The smallest absolute Gasteiger partial charge is 0.484 e. The van der Waals surface area contributed by atoms with Crippen LogP contribution in [0.25, 0.3) is 11.0 Å². The Morgan fingerprint density at radius 1 is 1.11 bits per heavy atom. The number of carbonyl (C=O) groups excluding carboxylic acids is 2. The number of fused-ring (bicyclic) bond motifs is 2. The Kier molecular flexibility index (Phi) is 6.57. The second-order valence-electron chi connectivity index (χ2n) is 8.74. The maximum Gasteiger partial charge on any atom is 0.586 e. The topological polar surface area (TPSA) is 115 Å². The average molecular weight is 521 g/mol. The van der Waals surface area contributed by atoms with E-state index >= 15 is 0 Å². The van der Waals surface area contributed by atoms with E-state index in [1.165, 1.54) is 18.2 Å². The van der Waals surface area contributed by atoms with E-state index in [-0.39, 0.29) is 54.2 Å². The maximum atomic E-state index is 13.1. The van der Waals surface area contributed by atoms with E-state index in [0.717, 1.165) is 11.0 Å². The molecule has 0 atom stereocenters. The lowest BCUT2D eigenvalue weighted by Gasteiger charge is -2.28. The SMILES string of the molecule is O=C(COc1ccc2c(c1)OC(F)(F)O2)N[C@H]1CC[C@H](C(=O)NCc2nc3cc(Cl)ccc3[nH]2)CC1. The van der Waals surface area contributed by atoms with Gasteiger partial charge in [0.15, 0.2) is 18.1 Å². The number of H-pyrrole nitrogens is 1. The number of aromatic nitrogens is 2. The van der Waals surface area contributed by atoms with E-state index in [1.54, 1.807) is 12.1 Å². The van der Waals surface area contributed by atoms with Gasteiger partial charge in [-0.25, -0.2) is 4.98 Å². The highest BCUT2D eigenvalue weighted by molar-refractivity contribution is 6.31. The highest BCUT2D eigenvalue weighted by Gasteiger charge is 2.43. The van der Waals surface area contributed by atoms with E-state index < -0.39 is 6.29 Å². The van der Waals surface area contributed by atoms with Crippen molar-refractivity contribution in [3.05, 3.63) is 47.2 Å². The van der Waals surface area contributed by atoms with Crippen LogP contribution in [0.5, 0.6) is 17.2 Å². The van der Waals surface area contributed by atoms with Crippen LogP contribution in [0.4, 0.5) is 8.78 Å². The van der Waals surface area contributed by atoms with Crippen molar-refractivity contribution in [3.63, 3.8) is 0 Å². The molecule has 0 unspecified atom stereocenters. The number of hydrogen-bond acceptors (Lipinski definition) is 6. The molecule has 0 spiro atoms.